The fourth-order valence-corrected chi connectivity index (χ4v) is 1.91. The zero-order chi connectivity index (χ0) is 12.4. The van der Waals surface area contributed by atoms with Crippen molar-refractivity contribution in [3.8, 4) is 0 Å². The van der Waals surface area contributed by atoms with Gasteiger partial charge in [0.1, 0.15) is 0 Å². The summed E-state index contributed by atoms with van der Waals surface area (Å²) in [6, 6.07) is 11.1. The summed E-state index contributed by atoms with van der Waals surface area (Å²) in [6.45, 7) is 2.01. The minimum atomic E-state index is 0.572. The topological polar surface area (TPSA) is 38.0 Å². The zero-order valence-corrected chi connectivity index (χ0v) is 10.8. The summed E-state index contributed by atoms with van der Waals surface area (Å²) in [5.74, 6) is 0. The third-order valence-electron chi connectivity index (χ3n) is 2.38. The van der Waals surface area contributed by atoms with Gasteiger partial charge in [-0.25, -0.2) is 0 Å². The number of nitrogens with one attached hydrogen (secondary N) is 1. The minimum absolute atomic E-state index is 0.572. The maximum Gasteiger partial charge on any atom is 0.0661 e. The molecule has 88 valence electrons. The van der Waals surface area contributed by atoms with E-state index in [1.807, 2.05) is 31.2 Å². The van der Waals surface area contributed by atoms with E-state index in [0.29, 0.717) is 15.7 Å². The van der Waals surface area contributed by atoms with Crippen molar-refractivity contribution in [3.63, 3.8) is 0 Å². The van der Waals surface area contributed by atoms with Gasteiger partial charge >= 0.3 is 0 Å². The van der Waals surface area contributed by atoms with Crippen molar-refractivity contribution in [2.75, 3.05) is 11.1 Å². The molecule has 0 unspecified atom stereocenters. The summed E-state index contributed by atoms with van der Waals surface area (Å²) in [7, 11) is 0. The number of benzene rings is 2. The summed E-state index contributed by atoms with van der Waals surface area (Å²) in [4.78, 5) is 0. The van der Waals surface area contributed by atoms with E-state index >= 15 is 0 Å². The van der Waals surface area contributed by atoms with Gasteiger partial charge in [-0.2, -0.15) is 0 Å². The van der Waals surface area contributed by atoms with Crippen LogP contribution in [0.25, 0.3) is 0 Å². The number of nitrogens with two attached hydrogens (primary N) is 1. The number of nitrogen functional groups attached to an aromatic ring is 1. The largest absolute Gasteiger partial charge is 0.399 e. The Balaban J connectivity index is 2.34. The van der Waals surface area contributed by atoms with E-state index < -0.39 is 0 Å². The third-order valence-corrected chi connectivity index (χ3v) is 3.03. The van der Waals surface area contributed by atoms with Crippen LogP contribution < -0.4 is 11.1 Å². The monoisotopic (exact) mass is 266 g/mol. The quantitative estimate of drug-likeness (QED) is 0.778. The van der Waals surface area contributed by atoms with Crippen molar-refractivity contribution >= 4 is 40.3 Å². The van der Waals surface area contributed by atoms with Crippen molar-refractivity contribution in [3.05, 3.63) is 52.0 Å². The van der Waals surface area contributed by atoms with E-state index in [4.69, 9.17) is 28.9 Å². The SMILES string of the molecule is Cc1ccc(Cl)c(Nc2ccc(N)cc2Cl)c1. The second-order valence-corrected chi connectivity index (χ2v) is 4.66. The summed E-state index contributed by atoms with van der Waals surface area (Å²) in [6.07, 6.45) is 0. The maximum absolute atomic E-state index is 6.10. The Kier molecular flexibility index (Phi) is 3.46. The van der Waals surface area contributed by atoms with Crippen LogP contribution in [0, 0.1) is 6.92 Å². The lowest BCUT2D eigenvalue weighted by molar-refractivity contribution is 1.45. The third kappa shape index (κ3) is 2.84. The molecular weight excluding hydrogens is 255 g/mol. The van der Waals surface area contributed by atoms with Crippen LogP contribution >= 0.6 is 23.2 Å². The number of halogens is 2. The summed E-state index contributed by atoms with van der Waals surface area (Å²) in [5, 5.41) is 4.42. The Bertz CT molecular complexity index is 553. The van der Waals surface area contributed by atoms with Gasteiger partial charge in [-0.05, 0) is 42.8 Å². The van der Waals surface area contributed by atoms with Crippen LogP contribution in [0.5, 0.6) is 0 Å². The normalized spacial score (nSPS) is 10.3. The molecule has 0 spiro atoms. The molecule has 0 saturated heterocycles. The van der Waals surface area contributed by atoms with Crippen molar-refractivity contribution in [1.29, 1.82) is 0 Å². The summed E-state index contributed by atoms with van der Waals surface area (Å²) >= 11 is 12.2. The van der Waals surface area contributed by atoms with Crippen LogP contribution in [-0.4, -0.2) is 0 Å². The lowest BCUT2D eigenvalue weighted by Gasteiger charge is -2.11. The van der Waals surface area contributed by atoms with Crippen LogP contribution in [0.4, 0.5) is 17.1 Å². The predicted molar refractivity (Wildman–Crippen MR) is 75.3 cm³/mol. The lowest BCUT2D eigenvalue weighted by atomic mass is 10.2. The highest BCUT2D eigenvalue weighted by Gasteiger charge is 2.04. The standard InChI is InChI=1S/C13H12Cl2N2/c1-8-2-4-10(14)13(6-8)17-12-5-3-9(16)7-11(12)15/h2-7,17H,16H2,1H3. The van der Waals surface area contributed by atoms with Crippen LogP contribution in [0.15, 0.2) is 36.4 Å². The Morgan fingerprint density at radius 2 is 1.71 bits per heavy atom. The van der Waals surface area contributed by atoms with Gasteiger partial charge in [-0.1, -0.05) is 29.3 Å². The molecule has 2 rings (SSSR count). The van der Waals surface area contributed by atoms with E-state index in [1.54, 1.807) is 12.1 Å². The van der Waals surface area contributed by atoms with E-state index in [9.17, 15) is 0 Å². The first kappa shape index (κ1) is 12.1. The highest BCUT2D eigenvalue weighted by molar-refractivity contribution is 6.35. The van der Waals surface area contributed by atoms with Crippen LogP contribution in [0.1, 0.15) is 5.56 Å². The van der Waals surface area contributed by atoms with Gasteiger partial charge in [0.05, 0.1) is 21.4 Å². The van der Waals surface area contributed by atoms with Crippen molar-refractivity contribution in [2.24, 2.45) is 0 Å². The summed E-state index contributed by atoms with van der Waals surface area (Å²) in [5.41, 5.74) is 9.02. The molecule has 0 aliphatic rings. The number of anilines is 3. The van der Waals surface area contributed by atoms with Gasteiger partial charge in [-0.15, -0.1) is 0 Å². The molecule has 2 aromatic carbocycles. The fourth-order valence-electron chi connectivity index (χ4n) is 1.51. The maximum atomic E-state index is 6.10. The van der Waals surface area contributed by atoms with Gasteiger partial charge in [0.15, 0.2) is 0 Å². The first-order valence-electron chi connectivity index (χ1n) is 5.14. The summed E-state index contributed by atoms with van der Waals surface area (Å²) < 4.78 is 0. The highest BCUT2D eigenvalue weighted by Crippen LogP contribution is 2.31. The van der Waals surface area contributed by atoms with Gasteiger partial charge < -0.3 is 11.1 Å². The van der Waals surface area contributed by atoms with Gasteiger partial charge in [0, 0.05) is 5.69 Å². The van der Waals surface area contributed by atoms with Gasteiger partial charge in [0.2, 0.25) is 0 Å². The highest BCUT2D eigenvalue weighted by atomic mass is 35.5. The van der Waals surface area contributed by atoms with E-state index in [2.05, 4.69) is 5.32 Å². The molecule has 3 N–H and O–H groups in total. The zero-order valence-electron chi connectivity index (χ0n) is 9.30. The van der Waals surface area contributed by atoms with Crippen molar-refractivity contribution < 1.29 is 0 Å². The molecule has 0 saturated carbocycles. The molecule has 0 fully saturated rings. The molecule has 0 heterocycles. The Hall–Kier alpha value is -1.38. The number of hydrogen-bond acceptors (Lipinski definition) is 2. The fraction of sp³-hybridized carbons (Fsp3) is 0.0769. The molecule has 0 aliphatic heterocycles. The molecule has 0 radical (unpaired) electrons. The number of aryl methyl sites for hydroxylation is 1. The van der Waals surface area contributed by atoms with E-state index in [-0.39, 0.29) is 0 Å². The first-order valence-corrected chi connectivity index (χ1v) is 5.90. The number of hydrogen-bond donors (Lipinski definition) is 2. The molecule has 2 nitrogen and oxygen atoms in total. The second-order valence-electron chi connectivity index (χ2n) is 3.85. The average Bonchev–Trinajstić information content (AvgIpc) is 2.27. The van der Waals surface area contributed by atoms with Gasteiger partial charge in [-0.3, -0.25) is 0 Å². The Morgan fingerprint density at radius 1 is 0.941 bits per heavy atom. The molecule has 4 heteroatoms. The second kappa shape index (κ2) is 4.86. The van der Waals surface area contributed by atoms with Crippen molar-refractivity contribution in [2.45, 2.75) is 6.92 Å². The Labute approximate surface area is 110 Å². The van der Waals surface area contributed by atoms with E-state index in [1.165, 1.54) is 0 Å². The minimum Gasteiger partial charge on any atom is -0.399 e. The van der Waals surface area contributed by atoms with Crippen LogP contribution in [0.2, 0.25) is 10.0 Å². The lowest BCUT2D eigenvalue weighted by Crippen LogP contribution is -1.94. The molecule has 0 atom stereocenters. The Morgan fingerprint density at radius 3 is 2.41 bits per heavy atom. The molecule has 0 amide bonds. The average molecular weight is 267 g/mol. The predicted octanol–water partition coefficient (Wildman–Crippen LogP) is 4.63. The van der Waals surface area contributed by atoms with Crippen molar-refractivity contribution in [1.82, 2.24) is 0 Å². The smallest absolute Gasteiger partial charge is 0.0661 e. The first-order chi connectivity index (χ1) is 8.06. The molecule has 2 aromatic rings. The molecule has 17 heavy (non-hydrogen) atoms. The molecule has 0 aliphatic carbocycles. The van der Waals surface area contributed by atoms with Gasteiger partial charge in [0.25, 0.3) is 0 Å². The molecular formula is C13H12Cl2N2. The molecule has 0 aromatic heterocycles. The molecule has 0 bridgehead atoms. The number of rotatable bonds is 2. The van der Waals surface area contributed by atoms with Crippen LogP contribution in [-0.2, 0) is 0 Å². The van der Waals surface area contributed by atoms with E-state index in [0.717, 1.165) is 16.9 Å². The van der Waals surface area contributed by atoms with Crippen LogP contribution in [0.3, 0.4) is 0 Å².